The number of aromatic nitrogens is 2. The first-order chi connectivity index (χ1) is 10.4. The lowest BCUT2D eigenvalue weighted by Gasteiger charge is -2.08. The summed E-state index contributed by atoms with van der Waals surface area (Å²) >= 11 is 5.93. The molecule has 1 aromatic heterocycles. The van der Waals surface area contributed by atoms with E-state index in [1.165, 1.54) is 0 Å². The number of carbonyl (C=O) groups excluding carboxylic acids is 1. The quantitative estimate of drug-likeness (QED) is 0.889. The molecule has 0 saturated carbocycles. The highest BCUT2D eigenvalue weighted by molar-refractivity contribution is 7.91. The van der Waals surface area contributed by atoms with Crippen molar-refractivity contribution in [3.63, 3.8) is 0 Å². The molecule has 1 aliphatic heterocycles. The molecule has 1 amide bonds. The topological polar surface area (TPSA) is 91.9 Å². The minimum atomic E-state index is -3.02. The largest absolute Gasteiger partial charge is 0.347 e. The maximum atomic E-state index is 12.1. The molecular formula is C14H14ClN3O3S. The van der Waals surface area contributed by atoms with Gasteiger partial charge in [0.1, 0.15) is 5.69 Å². The van der Waals surface area contributed by atoms with E-state index < -0.39 is 9.84 Å². The van der Waals surface area contributed by atoms with Gasteiger partial charge in [0.25, 0.3) is 5.91 Å². The molecule has 1 aromatic carbocycles. The van der Waals surface area contributed by atoms with Crippen LogP contribution in [-0.2, 0) is 9.84 Å². The zero-order valence-corrected chi connectivity index (χ0v) is 13.1. The van der Waals surface area contributed by atoms with Crippen LogP contribution >= 0.6 is 11.6 Å². The van der Waals surface area contributed by atoms with E-state index >= 15 is 0 Å². The summed E-state index contributed by atoms with van der Waals surface area (Å²) in [7, 11) is -3.02. The van der Waals surface area contributed by atoms with Crippen molar-refractivity contribution < 1.29 is 13.2 Å². The Morgan fingerprint density at radius 1 is 1.36 bits per heavy atom. The number of hydrogen-bond donors (Lipinski definition) is 2. The van der Waals surface area contributed by atoms with Crippen LogP contribution in [-0.4, -0.2) is 42.1 Å². The fourth-order valence-electron chi connectivity index (χ4n) is 2.41. The van der Waals surface area contributed by atoms with Gasteiger partial charge in [-0.15, -0.1) is 0 Å². The van der Waals surface area contributed by atoms with Crippen LogP contribution in [0.15, 0.2) is 30.3 Å². The number of carbonyl (C=O) groups is 1. The van der Waals surface area contributed by atoms with Gasteiger partial charge in [0.2, 0.25) is 0 Å². The van der Waals surface area contributed by atoms with E-state index in [0.717, 1.165) is 5.56 Å². The average molecular weight is 340 g/mol. The minimum absolute atomic E-state index is 0.00593. The van der Waals surface area contributed by atoms with Gasteiger partial charge in [-0.1, -0.05) is 23.7 Å². The van der Waals surface area contributed by atoms with Gasteiger partial charge < -0.3 is 5.32 Å². The zero-order chi connectivity index (χ0) is 15.7. The highest BCUT2D eigenvalue weighted by atomic mass is 35.5. The molecule has 1 saturated heterocycles. The van der Waals surface area contributed by atoms with Gasteiger partial charge in [0.15, 0.2) is 9.84 Å². The number of nitrogens with one attached hydrogen (secondary N) is 2. The lowest BCUT2D eigenvalue weighted by molar-refractivity contribution is 0.0936. The summed E-state index contributed by atoms with van der Waals surface area (Å²) in [5, 5.41) is 10.0. The number of amides is 1. The Bertz CT molecular complexity index is 816. The molecule has 0 spiro atoms. The fraction of sp³-hybridized carbons (Fsp3) is 0.286. The highest BCUT2D eigenvalue weighted by Gasteiger charge is 2.29. The number of aromatic amines is 1. The van der Waals surface area contributed by atoms with Crippen LogP contribution in [0.25, 0.3) is 11.3 Å². The van der Waals surface area contributed by atoms with Crippen molar-refractivity contribution >= 4 is 27.3 Å². The lowest BCUT2D eigenvalue weighted by Crippen LogP contribution is -2.35. The molecule has 0 aliphatic carbocycles. The predicted octanol–water partition coefficient (Wildman–Crippen LogP) is 1.65. The normalized spacial score (nSPS) is 20.0. The molecule has 1 aliphatic rings. The van der Waals surface area contributed by atoms with Crippen molar-refractivity contribution in [1.29, 1.82) is 0 Å². The molecular weight excluding hydrogens is 326 g/mol. The number of hydrogen-bond acceptors (Lipinski definition) is 4. The monoisotopic (exact) mass is 339 g/mol. The second-order valence-electron chi connectivity index (χ2n) is 5.25. The van der Waals surface area contributed by atoms with Crippen LogP contribution in [0.5, 0.6) is 0 Å². The molecule has 1 atom stereocenters. The maximum absolute atomic E-state index is 12.1. The molecule has 0 unspecified atom stereocenters. The van der Waals surface area contributed by atoms with Crippen LogP contribution in [0, 0.1) is 0 Å². The summed E-state index contributed by atoms with van der Waals surface area (Å²) in [5.74, 6) is -0.245. The van der Waals surface area contributed by atoms with E-state index in [0.29, 0.717) is 22.8 Å². The summed E-state index contributed by atoms with van der Waals surface area (Å²) in [4.78, 5) is 12.1. The van der Waals surface area contributed by atoms with Crippen LogP contribution in [0.2, 0.25) is 5.02 Å². The first-order valence-electron chi connectivity index (χ1n) is 6.75. The van der Waals surface area contributed by atoms with Crippen molar-refractivity contribution in [2.24, 2.45) is 0 Å². The number of nitrogens with zero attached hydrogens (tertiary/aromatic N) is 1. The van der Waals surface area contributed by atoms with Gasteiger partial charge in [-0.25, -0.2) is 8.42 Å². The molecule has 2 heterocycles. The third-order valence-corrected chi connectivity index (χ3v) is 5.51. The summed E-state index contributed by atoms with van der Waals surface area (Å²) < 4.78 is 22.8. The number of rotatable bonds is 3. The Morgan fingerprint density at radius 3 is 2.86 bits per heavy atom. The fourth-order valence-corrected chi connectivity index (χ4v) is 4.27. The van der Waals surface area contributed by atoms with Crippen molar-refractivity contribution in [3.05, 3.63) is 41.0 Å². The van der Waals surface area contributed by atoms with Crippen LogP contribution in [0.1, 0.15) is 16.9 Å². The summed E-state index contributed by atoms with van der Waals surface area (Å²) in [6.45, 7) is 0. The van der Waals surface area contributed by atoms with Crippen molar-refractivity contribution in [2.75, 3.05) is 11.5 Å². The van der Waals surface area contributed by atoms with Crippen molar-refractivity contribution in [1.82, 2.24) is 15.5 Å². The first kappa shape index (κ1) is 15.1. The van der Waals surface area contributed by atoms with Gasteiger partial charge in [-0.05, 0) is 24.6 Å². The average Bonchev–Trinajstić information content (AvgIpc) is 3.06. The highest BCUT2D eigenvalue weighted by Crippen LogP contribution is 2.21. The molecule has 1 fully saturated rings. The van der Waals surface area contributed by atoms with E-state index in [1.54, 1.807) is 24.3 Å². The van der Waals surface area contributed by atoms with Crippen LogP contribution in [0.3, 0.4) is 0 Å². The summed E-state index contributed by atoms with van der Waals surface area (Å²) in [6, 6.07) is 8.43. The van der Waals surface area contributed by atoms with Gasteiger partial charge in [-0.2, -0.15) is 5.10 Å². The third kappa shape index (κ3) is 3.31. The van der Waals surface area contributed by atoms with Gasteiger partial charge in [-0.3, -0.25) is 9.89 Å². The van der Waals surface area contributed by atoms with Crippen LogP contribution < -0.4 is 5.32 Å². The van der Waals surface area contributed by atoms with E-state index in [-0.39, 0.29) is 23.5 Å². The molecule has 0 radical (unpaired) electrons. The van der Waals surface area contributed by atoms with Gasteiger partial charge >= 0.3 is 0 Å². The molecule has 2 N–H and O–H groups in total. The number of benzene rings is 1. The Hall–Kier alpha value is -1.86. The molecule has 2 aromatic rings. The second-order valence-corrected chi connectivity index (χ2v) is 7.92. The number of H-pyrrole nitrogens is 1. The molecule has 6 nitrogen and oxygen atoms in total. The van der Waals surface area contributed by atoms with Gasteiger partial charge in [0, 0.05) is 16.6 Å². The Labute approximate surface area is 132 Å². The van der Waals surface area contributed by atoms with E-state index in [1.807, 2.05) is 6.07 Å². The zero-order valence-electron chi connectivity index (χ0n) is 11.5. The van der Waals surface area contributed by atoms with E-state index in [4.69, 9.17) is 11.6 Å². The standard InChI is InChI=1S/C14H14ClN3O3S/c15-10-3-1-2-9(6-10)12-7-13(18-17-12)14(19)16-11-4-5-22(20,21)8-11/h1-3,6-7,11H,4-5,8H2,(H,16,19)(H,17,18)/t11-/m0/s1. The molecule has 22 heavy (non-hydrogen) atoms. The second kappa shape index (κ2) is 5.73. The summed E-state index contributed by atoms with van der Waals surface area (Å²) in [5.41, 5.74) is 1.69. The lowest BCUT2D eigenvalue weighted by atomic mass is 10.1. The smallest absolute Gasteiger partial charge is 0.269 e. The summed E-state index contributed by atoms with van der Waals surface area (Å²) in [6.07, 6.45) is 0.448. The SMILES string of the molecule is O=C(N[C@H]1CCS(=O)(=O)C1)c1cc(-c2cccc(Cl)c2)n[nH]1. The van der Waals surface area contributed by atoms with E-state index in [9.17, 15) is 13.2 Å². The number of halogens is 1. The van der Waals surface area contributed by atoms with Crippen LogP contribution in [0.4, 0.5) is 0 Å². The number of sulfone groups is 1. The van der Waals surface area contributed by atoms with Gasteiger partial charge in [0.05, 0.1) is 17.2 Å². The molecule has 116 valence electrons. The van der Waals surface area contributed by atoms with E-state index in [2.05, 4.69) is 15.5 Å². The first-order valence-corrected chi connectivity index (χ1v) is 8.95. The van der Waals surface area contributed by atoms with Crippen molar-refractivity contribution in [3.8, 4) is 11.3 Å². The predicted molar refractivity (Wildman–Crippen MR) is 83.6 cm³/mol. The Morgan fingerprint density at radius 2 is 2.18 bits per heavy atom. The maximum Gasteiger partial charge on any atom is 0.269 e. The Balaban J connectivity index is 1.72. The van der Waals surface area contributed by atoms with Crippen molar-refractivity contribution in [2.45, 2.75) is 12.5 Å². The molecule has 8 heteroatoms. The molecule has 3 rings (SSSR count). The minimum Gasteiger partial charge on any atom is -0.347 e. The Kier molecular flexibility index (Phi) is 3.92. The molecule has 0 bridgehead atoms. The third-order valence-electron chi connectivity index (χ3n) is 3.51.